The van der Waals surface area contributed by atoms with Gasteiger partial charge in [0, 0.05) is 0 Å². The van der Waals surface area contributed by atoms with Gasteiger partial charge in [-0.2, -0.15) is 0 Å². The van der Waals surface area contributed by atoms with Gasteiger partial charge >= 0.3 is 0 Å². The molecule has 1 unspecified atom stereocenters. The zero-order valence-corrected chi connectivity index (χ0v) is 6.80. The predicted molar refractivity (Wildman–Crippen MR) is 44.4 cm³/mol. The zero-order chi connectivity index (χ0) is 9.14. The van der Waals surface area contributed by atoms with Gasteiger partial charge in [-0.15, -0.1) is 0 Å². The van der Waals surface area contributed by atoms with Crippen LogP contribution >= 0.6 is 0 Å². The largest absolute Gasteiger partial charge is 0.366 e. The lowest BCUT2D eigenvalue weighted by molar-refractivity contribution is -0.121. The third kappa shape index (κ3) is 1.71. The van der Waals surface area contributed by atoms with Crippen molar-refractivity contribution in [2.45, 2.75) is 18.9 Å². The zero-order valence-electron chi connectivity index (χ0n) is 6.80. The highest BCUT2D eigenvalue weighted by atomic mass is 16.2. The van der Waals surface area contributed by atoms with E-state index in [4.69, 9.17) is 5.73 Å². The second-order valence-electron chi connectivity index (χ2n) is 2.86. The van der Waals surface area contributed by atoms with E-state index in [9.17, 15) is 9.59 Å². The predicted octanol–water partition coefficient (Wildman–Crippen LogP) is -0.651. The Morgan fingerprint density at radius 1 is 1.50 bits per heavy atom. The maximum absolute atomic E-state index is 11.3. The highest BCUT2D eigenvalue weighted by molar-refractivity contribution is 6.20. The van der Waals surface area contributed by atoms with Gasteiger partial charge in [0.1, 0.15) is 0 Å². The first-order valence-corrected chi connectivity index (χ1v) is 3.89. The van der Waals surface area contributed by atoms with Gasteiger partial charge in [0.05, 0.1) is 11.6 Å². The average Bonchev–Trinajstić information content (AvgIpc) is 2.53. The van der Waals surface area contributed by atoms with Crippen molar-refractivity contribution in [2.24, 2.45) is 5.73 Å². The smallest absolute Gasteiger partial charge is 0.251 e. The van der Waals surface area contributed by atoms with Crippen molar-refractivity contribution in [3.8, 4) is 0 Å². The number of hydrogen-bond acceptors (Lipinski definition) is 3. The maximum Gasteiger partial charge on any atom is 0.251 e. The minimum absolute atomic E-state index is 0.102. The monoisotopic (exact) mass is 168 g/mol. The van der Waals surface area contributed by atoms with Gasteiger partial charge < -0.3 is 11.1 Å². The summed E-state index contributed by atoms with van der Waals surface area (Å²) in [6, 6.07) is -0.245. The highest BCUT2D eigenvalue weighted by Gasteiger charge is 2.25. The number of carbonyl (C=O) groups is 2. The molecule has 1 aliphatic heterocycles. The number of hydrogen-bond donors (Lipinski definition) is 2. The summed E-state index contributed by atoms with van der Waals surface area (Å²) in [5.74, 6) is -0.992. The van der Waals surface area contributed by atoms with Crippen LogP contribution in [0.1, 0.15) is 12.8 Å². The minimum atomic E-state index is -0.728. The molecule has 1 fully saturated rings. The van der Waals surface area contributed by atoms with Gasteiger partial charge in [-0.1, -0.05) is 6.58 Å². The van der Waals surface area contributed by atoms with Gasteiger partial charge in [-0.25, -0.2) is 0 Å². The second-order valence-corrected chi connectivity index (χ2v) is 2.86. The maximum atomic E-state index is 11.3. The van der Waals surface area contributed by atoms with Crippen LogP contribution in [0.3, 0.4) is 0 Å². The Bertz CT molecular complexity index is 229. The van der Waals surface area contributed by atoms with Crippen molar-refractivity contribution in [3.05, 3.63) is 12.2 Å². The molecule has 1 amide bonds. The summed E-state index contributed by atoms with van der Waals surface area (Å²) in [5, 5.41) is 2.97. The fourth-order valence-electron chi connectivity index (χ4n) is 1.24. The third-order valence-electron chi connectivity index (χ3n) is 1.97. The molecular formula is C8H12N2O2. The summed E-state index contributed by atoms with van der Waals surface area (Å²) in [4.78, 5) is 21.9. The highest BCUT2D eigenvalue weighted by Crippen LogP contribution is 2.09. The van der Waals surface area contributed by atoms with E-state index in [2.05, 4.69) is 11.9 Å². The van der Waals surface area contributed by atoms with Crippen molar-refractivity contribution in [2.75, 3.05) is 6.54 Å². The quantitative estimate of drug-likeness (QED) is 0.334. The molecule has 0 spiro atoms. The first-order valence-electron chi connectivity index (χ1n) is 3.89. The summed E-state index contributed by atoms with van der Waals surface area (Å²) >= 11 is 0. The van der Waals surface area contributed by atoms with E-state index < -0.39 is 5.91 Å². The molecule has 1 atom stereocenters. The van der Waals surface area contributed by atoms with Crippen LogP contribution in [0, 0.1) is 0 Å². The molecular weight excluding hydrogens is 156 g/mol. The van der Waals surface area contributed by atoms with Crippen LogP contribution in [0.15, 0.2) is 12.2 Å². The number of nitrogens with one attached hydrogen (secondary N) is 1. The van der Waals surface area contributed by atoms with Gasteiger partial charge in [0.15, 0.2) is 5.78 Å². The molecule has 4 heteroatoms. The number of carbonyl (C=O) groups excluding carboxylic acids is 2. The molecule has 0 radical (unpaired) electrons. The summed E-state index contributed by atoms with van der Waals surface area (Å²) in [6.45, 7) is 4.16. The summed E-state index contributed by atoms with van der Waals surface area (Å²) in [6.07, 6.45) is 1.73. The lowest BCUT2D eigenvalue weighted by atomic mass is 10.0. The molecule has 0 bridgehead atoms. The van der Waals surface area contributed by atoms with E-state index in [1.165, 1.54) is 0 Å². The molecule has 1 rings (SSSR count). The van der Waals surface area contributed by atoms with Crippen LogP contribution in [-0.2, 0) is 9.59 Å². The Labute approximate surface area is 70.8 Å². The molecule has 1 heterocycles. The van der Waals surface area contributed by atoms with E-state index in [-0.39, 0.29) is 17.4 Å². The fraction of sp³-hybridized carbons (Fsp3) is 0.500. The van der Waals surface area contributed by atoms with Crippen LogP contribution in [-0.4, -0.2) is 24.3 Å². The SMILES string of the molecule is C=C(C(N)=O)C(=O)C1CCCN1. The number of ketones is 1. The Morgan fingerprint density at radius 2 is 2.17 bits per heavy atom. The lowest BCUT2D eigenvalue weighted by Gasteiger charge is -2.07. The number of primary amides is 1. The third-order valence-corrected chi connectivity index (χ3v) is 1.97. The van der Waals surface area contributed by atoms with Crippen LogP contribution < -0.4 is 11.1 Å². The minimum Gasteiger partial charge on any atom is -0.366 e. The molecule has 0 aliphatic carbocycles. The molecule has 66 valence electrons. The number of Topliss-reactive ketones (excluding diaryl/α,β-unsaturated/α-hetero) is 1. The van der Waals surface area contributed by atoms with E-state index in [1.54, 1.807) is 0 Å². The van der Waals surface area contributed by atoms with Crippen molar-refractivity contribution in [3.63, 3.8) is 0 Å². The van der Waals surface area contributed by atoms with E-state index in [0.717, 1.165) is 19.4 Å². The second kappa shape index (κ2) is 3.49. The first kappa shape index (κ1) is 8.93. The first-order chi connectivity index (χ1) is 5.63. The Kier molecular flexibility index (Phi) is 2.60. The number of nitrogens with two attached hydrogens (primary N) is 1. The summed E-state index contributed by atoms with van der Waals surface area (Å²) in [7, 11) is 0. The molecule has 3 N–H and O–H groups in total. The Balaban J connectivity index is 2.57. The Morgan fingerprint density at radius 3 is 2.58 bits per heavy atom. The standard InChI is InChI=1S/C8H12N2O2/c1-5(8(9)12)7(11)6-3-2-4-10-6/h6,10H,1-4H2,(H2,9,12). The average molecular weight is 168 g/mol. The van der Waals surface area contributed by atoms with Gasteiger partial charge in [-0.05, 0) is 19.4 Å². The lowest BCUT2D eigenvalue weighted by Crippen LogP contribution is -2.35. The molecule has 1 saturated heterocycles. The molecule has 0 aromatic heterocycles. The number of amides is 1. The van der Waals surface area contributed by atoms with Crippen LogP contribution in [0.4, 0.5) is 0 Å². The van der Waals surface area contributed by atoms with Crippen LogP contribution in [0.2, 0.25) is 0 Å². The topological polar surface area (TPSA) is 72.2 Å². The van der Waals surface area contributed by atoms with Crippen molar-refractivity contribution >= 4 is 11.7 Å². The molecule has 12 heavy (non-hydrogen) atoms. The molecule has 0 aromatic rings. The summed E-state index contributed by atoms with van der Waals surface area (Å²) < 4.78 is 0. The van der Waals surface area contributed by atoms with Gasteiger partial charge in [0.25, 0.3) is 5.91 Å². The fourth-order valence-corrected chi connectivity index (χ4v) is 1.24. The Hall–Kier alpha value is -1.16. The van der Waals surface area contributed by atoms with Crippen molar-refractivity contribution in [1.82, 2.24) is 5.32 Å². The van der Waals surface area contributed by atoms with Crippen molar-refractivity contribution in [1.29, 1.82) is 0 Å². The van der Waals surface area contributed by atoms with Gasteiger partial charge in [-0.3, -0.25) is 9.59 Å². The van der Waals surface area contributed by atoms with E-state index >= 15 is 0 Å². The molecule has 0 saturated carbocycles. The van der Waals surface area contributed by atoms with E-state index in [1.807, 2.05) is 0 Å². The summed E-state index contributed by atoms with van der Waals surface area (Å²) in [5.41, 5.74) is 4.82. The van der Waals surface area contributed by atoms with Crippen molar-refractivity contribution < 1.29 is 9.59 Å². The van der Waals surface area contributed by atoms with Crippen LogP contribution in [0.25, 0.3) is 0 Å². The van der Waals surface area contributed by atoms with Gasteiger partial charge in [0.2, 0.25) is 0 Å². The number of rotatable bonds is 3. The molecule has 1 aliphatic rings. The van der Waals surface area contributed by atoms with Crippen LogP contribution in [0.5, 0.6) is 0 Å². The van der Waals surface area contributed by atoms with E-state index in [0.29, 0.717) is 0 Å². The molecule has 0 aromatic carbocycles. The molecule has 4 nitrogen and oxygen atoms in total. The normalized spacial score (nSPS) is 22.2.